The van der Waals surface area contributed by atoms with Crippen LogP contribution in [0, 0.1) is 0 Å². The average molecular weight is 281 g/mol. The summed E-state index contributed by atoms with van der Waals surface area (Å²) in [6.07, 6.45) is -4.41. The lowest BCUT2D eigenvalue weighted by atomic mass is 10.0. The number of hydrogen-bond acceptors (Lipinski definition) is 3. The van der Waals surface area contributed by atoms with Gasteiger partial charge in [-0.2, -0.15) is 13.2 Å². The maximum Gasteiger partial charge on any atom is 0.419 e. The number of Topliss-reactive ketones (excluding diaryl/α,β-unsaturated/α-hetero) is 1. The Labute approximate surface area is 105 Å². The predicted molar refractivity (Wildman–Crippen MR) is 58.4 cm³/mol. The van der Waals surface area contributed by atoms with Gasteiger partial charge in [-0.05, 0) is 12.1 Å². The molecule has 0 amide bonds. The quantitative estimate of drug-likeness (QED) is 0.484. The lowest BCUT2D eigenvalue weighted by Gasteiger charge is -2.14. The number of ether oxygens (including phenoxy) is 1. The van der Waals surface area contributed by atoms with Gasteiger partial charge in [0.25, 0.3) is 0 Å². The molecule has 0 aliphatic rings. The minimum atomic E-state index is -4.69. The third-order valence-corrected chi connectivity index (χ3v) is 2.47. The van der Waals surface area contributed by atoms with Gasteiger partial charge in [0.05, 0.1) is 18.6 Å². The molecule has 0 fully saturated rings. The summed E-state index contributed by atoms with van der Waals surface area (Å²) < 4.78 is 42.7. The molecule has 98 valence electrons. The van der Waals surface area contributed by atoms with Crippen LogP contribution >= 0.6 is 11.6 Å². The van der Waals surface area contributed by atoms with E-state index in [1.165, 1.54) is 0 Å². The first-order valence-electron chi connectivity index (χ1n) is 4.68. The normalized spacial score (nSPS) is 11.2. The third kappa shape index (κ3) is 2.81. The van der Waals surface area contributed by atoms with E-state index in [0.717, 1.165) is 13.2 Å². The molecule has 3 nitrogen and oxygen atoms in total. The highest BCUT2D eigenvalue weighted by Crippen LogP contribution is 2.37. The Morgan fingerprint density at radius 1 is 1.44 bits per heavy atom. The first kappa shape index (κ1) is 14.5. The summed E-state index contributed by atoms with van der Waals surface area (Å²) in [5.74, 6) is -1.78. The van der Waals surface area contributed by atoms with Gasteiger partial charge in [0.15, 0.2) is 12.1 Å². The Bertz CT molecular complexity index is 483. The Balaban J connectivity index is 3.53. The van der Waals surface area contributed by atoms with Crippen molar-refractivity contribution in [2.45, 2.75) is 6.18 Å². The zero-order chi connectivity index (χ0) is 13.9. The van der Waals surface area contributed by atoms with Crippen LogP contribution < -0.4 is 4.74 Å². The zero-order valence-corrected chi connectivity index (χ0v) is 9.93. The van der Waals surface area contributed by atoms with Gasteiger partial charge in [0, 0.05) is 11.1 Å². The molecule has 0 unspecified atom stereocenters. The van der Waals surface area contributed by atoms with Crippen molar-refractivity contribution >= 4 is 23.7 Å². The van der Waals surface area contributed by atoms with Crippen LogP contribution in [-0.2, 0) is 6.18 Å². The summed E-state index contributed by atoms with van der Waals surface area (Å²) in [7, 11) is 1.04. The number of methoxy groups -OCH3 is 1. The number of alkyl halides is 4. The van der Waals surface area contributed by atoms with Crippen LogP contribution in [0.5, 0.6) is 5.75 Å². The highest BCUT2D eigenvalue weighted by atomic mass is 35.5. The Hall–Kier alpha value is -1.56. The van der Waals surface area contributed by atoms with Crippen LogP contribution in [0.2, 0.25) is 0 Å². The molecule has 18 heavy (non-hydrogen) atoms. The molecule has 0 aromatic heterocycles. The van der Waals surface area contributed by atoms with Crippen molar-refractivity contribution in [1.29, 1.82) is 0 Å². The minimum Gasteiger partial charge on any atom is -0.496 e. The van der Waals surface area contributed by atoms with Gasteiger partial charge >= 0.3 is 6.18 Å². The molecule has 1 aromatic carbocycles. The second-order valence-corrected chi connectivity index (χ2v) is 3.58. The van der Waals surface area contributed by atoms with Gasteiger partial charge in [0.2, 0.25) is 0 Å². The van der Waals surface area contributed by atoms with Crippen molar-refractivity contribution in [2.75, 3.05) is 13.0 Å². The number of halogens is 4. The fraction of sp³-hybridized carbons (Fsp3) is 0.273. The lowest BCUT2D eigenvalue weighted by molar-refractivity contribution is -0.138. The fourth-order valence-corrected chi connectivity index (χ4v) is 1.54. The minimum absolute atomic E-state index is 0.189. The van der Waals surface area contributed by atoms with Crippen LogP contribution in [-0.4, -0.2) is 25.1 Å². The Morgan fingerprint density at radius 3 is 2.44 bits per heavy atom. The van der Waals surface area contributed by atoms with E-state index in [1.54, 1.807) is 0 Å². The van der Waals surface area contributed by atoms with Crippen LogP contribution in [0.3, 0.4) is 0 Å². The van der Waals surface area contributed by atoms with Gasteiger partial charge in [-0.1, -0.05) is 0 Å². The summed E-state index contributed by atoms with van der Waals surface area (Å²) in [5, 5.41) is 0. The maximum absolute atomic E-state index is 12.7. The first-order valence-corrected chi connectivity index (χ1v) is 5.22. The van der Waals surface area contributed by atoms with Gasteiger partial charge in [-0.25, -0.2) is 0 Å². The van der Waals surface area contributed by atoms with Gasteiger partial charge in [0.1, 0.15) is 5.75 Å². The average Bonchev–Trinajstić information content (AvgIpc) is 2.34. The molecule has 7 heteroatoms. The van der Waals surface area contributed by atoms with Crippen molar-refractivity contribution in [3.8, 4) is 5.75 Å². The first-order chi connectivity index (χ1) is 8.35. The van der Waals surface area contributed by atoms with Crippen LogP contribution in [0.4, 0.5) is 13.2 Å². The molecule has 1 aromatic rings. The monoisotopic (exact) mass is 280 g/mol. The van der Waals surface area contributed by atoms with E-state index in [9.17, 15) is 22.8 Å². The molecule has 0 radical (unpaired) electrons. The largest absolute Gasteiger partial charge is 0.496 e. The fourth-order valence-electron chi connectivity index (χ4n) is 1.40. The summed E-state index contributed by atoms with van der Waals surface area (Å²) in [4.78, 5) is 22.1. The van der Waals surface area contributed by atoms with E-state index < -0.39 is 29.2 Å². The van der Waals surface area contributed by atoms with E-state index in [1.807, 2.05) is 0 Å². The van der Waals surface area contributed by atoms with Gasteiger partial charge in [-0.15, -0.1) is 11.6 Å². The molecule has 0 spiro atoms. The van der Waals surface area contributed by atoms with Crippen LogP contribution in [0.1, 0.15) is 26.3 Å². The highest BCUT2D eigenvalue weighted by Gasteiger charge is 2.35. The molecular formula is C11H8ClF3O3. The van der Waals surface area contributed by atoms with Crippen molar-refractivity contribution in [2.24, 2.45) is 0 Å². The van der Waals surface area contributed by atoms with Crippen LogP contribution in [0.15, 0.2) is 12.1 Å². The lowest BCUT2D eigenvalue weighted by Crippen LogP contribution is -2.12. The molecular weight excluding hydrogens is 273 g/mol. The van der Waals surface area contributed by atoms with E-state index >= 15 is 0 Å². The van der Waals surface area contributed by atoms with E-state index in [0.29, 0.717) is 6.07 Å². The summed E-state index contributed by atoms with van der Waals surface area (Å²) >= 11 is 5.28. The molecule has 1 rings (SSSR count). The Kier molecular flexibility index (Phi) is 4.34. The highest BCUT2D eigenvalue weighted by molar-refractivity contribution is 6.31. The predicted octanol–water partition coefficient (Wildman–Crippen LogP) is 2.95. The Morgan fingerprint density at radius 2 is 2.06 bits per heavy atom. The standard InChI is InChI=1S/C11H8ClF3O3/c1-18-10-2-6(5-16)7(9(17)4-12)3-8(10)11(13,14)15/h2-3,5H,4H2,1H3. The zero-order valence-electron chi connectivity index (χ0n) is 9.18. The number of carbonyl (C=O) groups excluding carboxylic acids is 2. The smallest absolute Gasteiger partial charge is 0.419 e. The van der Waals surface area contributed by atoms with E-state index in [2.05, 4.69) is 4.74 Å². The number of hydrogen-bond donors (Lipinski definition) is 0. The third-order valence-electron chi connectivity index (χ3n) is 2.23. The second kappa shape index (κ2) is 5.39. The molecule has 0 aliphatic carbocycles. The number of benzene rings is 1. The summed E-state index contributed by atoms with van der Waals surface area (Å²) in [5.41, 5.74) is -1.68. The number of carbonyl (C=O) groups is 2. The van der Waals surface area contributed by atoms with Crippen molar-refractivity contribution in [3.63, 3.8) is 0 Å². The second-order valence-electron chi connectivity index (χ2n) is 3.31. The van der Waals surface area contributed by atoms with Crippen molar-refractivity contribution in [3.05, 3.63) is 28.8 Å². The summed E-state index contributed by atoms with van der Waals surface area (Å²) in [6.45, 7) is 0. The SMILES string of the molecule is COc1cc(C=O)c(C(=O)CCl)cc1C(F)(F)F. The maximum atomic E-state index is 12.7. The molecule has 0 atom stereocenters. The molecule has 0 N–H and O–H groups in total. The van der Waals surface area contributed by atoms with Crippen molar-refractivity contribution < 1.29 is 27.5 Å². The van der Waals surface area contributed by atoms with Gasteiger partial charge < -0.3 is 4.74 Å². The van der Waals surface area contributed by atoms with Gasteiger partial charge in [-0.3, -0.25) is 9.59 Å². The van der Waals surface area contributed by atoms with E-state index in [-0.39, 0.29) is 17.4 Å². The molecule has 0 saturated carbocycles. The number of aldehydes is 1. The van der Waals surface area contributed by atoms with Crippen LogP contribution in [0.25, 0.3) is 0 Å². The van der Waals surface area contributed by atoms with E-state index in [4.69, 9.17) is 11.6 Å². The molecule has 0 heterocycles. The topological polar surface area (TPSA) is 43.4 Å². The molecule has 0 saturated heterocycles. The van der Waals surface area contributed by atoms with Crippen molar-refractivity contribution in [1.82, 2.24) is 0 Å². The summed E-state index contributed by atoms with van der Waals surface area (Å²) in [6, 6.07) is 1.45. The molecule has 0 bridgehead atoms. The molecule has 0 aliphatic heterocycles. The number of rotatable bonds is 4. The number of ketones is 1.